The molecular formula is C17H20N4O. The standard InChI is InChI=1S/C17H20N4O/c22-16(18-11-7-14-5-2-1-3-6-14)15-8-12-21(13-15)17-19-9-4-10-20-17/h1-6,9-10,15H,7-8,11-13H2,(H,18,22). The summed E-state index contributed by atoms with van der Waals surface area (Å²) in [6, 6.07) is 12.0. The van der Waals surface area contributed by atoms with Gasteiger partial charge < -0.3 is 10.2 Å². The number of carbonyl (C=O) groups is 1. The zero-order valence-corrected chi connectivity index (χ0v) is 12.5. The normalized spacial score (nSPS) is 17.5. The van der Waals surface area contributed by atoms with Crippen LogP contribution in [0.15, 0.2) is 48.8 Å². The number of hydrogen-bond donors (Lipinski definition) is 1. The third-order valence-electron chi connectivity index (χ3n) is 3.95. The molecule has 1 atom stereocenters. The number of carbonyl (C=O) groups excluding carboxylic acids is 1. The summed E-state index contributed by atoms with van der Waals surface area (Å²) in [5.74, 6) is 0.871. The van der Waals surface area contributed by atoms with E-state index in [9.17, 15) is 4.79 Å². The van der Waals surface area contributed by atoms with Crippen LogP contribution in [0.1, 0.15) is 12.0 Å². The first-order valence-electron chi connectivity index (χ1n) is 7.66. The van der Waals surface area contributed by atoms with Crippen molar-refractivity contribution in [2.75, 3.05) is 24.5 Å². The molecule has 5 nitrogen and oxygen atoms in total. The van der Waals surface area contributed by atoms with E-state index in [2.05, 4.69) is 32.3 Å². The minimum absolute atomic E-state index is 0.0274. The fourth-order valence-electron chi connectivity index (χ4n) is 2.73. The summed E-state index contributed by atoms with van der Waals surface area (Å²) in [5.41, 5.74) is 1.24. The molecule has 0 spiro atoms. The molecule has 2 heterocycles. The van der Waals surface area contributed by atoms with Gasteiger partial charge in [-0.2, -0.15) is 0 Å². The third kappa shape index (κ3) is 3.61. The molecule has 2 aromatic rings. The Labute approximate surface area is 130 Å². The third-order valence-corrected chi connectivity index (χ3v) is 3.95. The van der Waals surface area contributed by atoms with Gasteiger partial charge in [-0.25, -0.2) is 9.97 Å². The Bertz CT molecular complexity index is 603. The van der Waals surface area contributed by atoms with Gasteiger partial charge in [0.25, 0.3) is 0 Å². The molecule has 1 amide bonds. The van der Waals surface area contributed by atoms with Crippen LogP contribution in [-0.4, -0.2) is 35.5 Å². The molecule has 1 fully saturated rings. The SMILES string of the molecule is O=C(NCCc1ccccc1)C1CCN(c2ncccn2)C1. The minimum Gasteiger partial charge on any atom is -0.355 e. The first kappa shape index (κ1) is 14.5. The number of aromatic nitrogens is 2. The van der Waals surface area contributed by atoms with E-state index in [0.29, 0.717) is 19.0 Å². The fraction of sp³-hybridized carbons (Fsp3) is 0.353. The van der Waals surface area contributed by atoms with Gasteiger partial charge in [0.05, 0.1) is 5.92 Å². The summed E-state index contributed by atoms with van der Waals surface area (Å²) in [4.78, 5) is 22.8. The van der Waals surface area contributed by atoms with Gasteiger partial charge in [-0.15, -0.1) is 0 Å². The molecule has 1 aromatic carbocycles. The molecule has 3 rings (SSSR count). The molecule has 1 saturated heterocycles. The summed E-state index contributed by atoms with van der Waals surface area (Å²) < 4.78 is 0. The molecule has 1 aromatic heterocycles. The van der Waals surface area contributed by atoms with Gasteiger partial charge in [0, 0.05) is 32.0 Å². The Balaban J connectivity index is 1.46. The average Bonchev–Trinajstić information content (AvgIpc) is 3.07. The molecule has 0 aliphatic carbocycles. The lowest BCUT2D eigenvalue weighted by Crippen LogP contribution is -2.34. The predicted molar refractivity (Wildman–Crippen MR) is 85.5 cm³/mol. The molecule has 0 radical (unpaired) electrons. The molecule has 0 saturated carbocycles. The number of nitrogens with zero attached hydrogens (tertiary/aromatic N) is 3. The summed E-state index contributed by atoms with van der Waals surface area (Å²) in [6.07, 6.45) is 5.19. The van der Waals surface area contributed by atoms with Gasteiger partial charge >= 0.3 is 0 Å². The van der Waals surface area contributed by atoms with Crippen molar-refractivity contribution in [3.8, 4) is 0 Å². The second-order valence-electron chi connectivity index (χ2n) is 5.51. The number of amides is 1. The minimum atomic E-state index is 0.0274. The molecule has 1 unspecified atom stereocenters. The Kier molecular flexibility index (Phi) is 4.63. The van der Waals surface area contributed by atoms with E-state index in [0.717, 1.165) is 19.4 Å². The van der Waals surface area contributed by atoms with Gasteiger partial charge in [0.1, 0.15) is 0 Å². The van der Waals surface area contributed by atoms with Crippen LogP contribution in [0.3, 0.4) is 0 Å². The van der Waals surface area contributed by atoms with Crippen LogP contribution in [0.25, 0.3) is 0 Å². The van der Waals surface area contributed by atoms with Crippen molar-refractivity contribution in [1.82, 2.24) is 15.3 Å². The zero-order valence-electron chi connectivity index (χ0n) is 12.5. The number of nitrogens with one attached hydrogen (secondary N) is 1. The molecule has 1 N–H and O–H groups in total. The predicted octanol–water partition coefficient (Wildman–Crippen LogP) is 1.66. The molecule has 1 aliphatic heterocycles. The molecule has 0 bridgehead atoms. The second-order valence-corrected chi connectivity index (χ2v) is 5.51. The Morgan fingerprint density at radius 3 is 2.73 bits per heavy atom. The lowest BCUT2D eigenvalue weighted by atomic mass is 10.1. The van der Waals surface area contributed by atoms with E-state index in [1.54, 1.807) is 18.5 Å². The first-order valence-corrected chi connectivity index (χ1v) is 7.66. The van der Waals surface area contributed by atoms with Crippen molar-refractivity contribution in [3.63, 3.8) is 0 Å². The Morgan fingerprint density at radius 1 is 1.18 bits per heavy atom. The van der Waals surface area contributed by atoms with E-state index in [4.69, 9.17) is 0 Å². The summed E-state index contributed by atoms with van der Waals surface area (Å²) in [6.45, 7) is 2.21. The van der Waals surface area contributed by atoms with Crippen molar-refractivity contribution in [2.45, 2.75) is 12.8 Å². The number of anilines is 1. The maximum absolute atomic E-state index is 12.2. The highest BCUT2D eigenvalue weighted by atomic mass is 16.1. The lowest BCUT2D eigenvalue weighted by molar-refractivity contribution is -0.124. The Morgan fingerprint density at radius 2 is 1.95 bits per heavy atom. The zero-order chi connectivity index (χ0) is 15.2. The van der Waals surface area contributed by atoms with E-state index >= 15 is 0 Å². The van der Waals surface area contributed by atoms with Crippen molar-refractivity contribution < 1.29 is 4.79 Å². The van der Waals surface area contributed by atoms with Crippen LogP contribution in [0.2, 0.25) is 0 Å². The van der Waals surface area contributed by atoms with Gasteiger partial charge in [0.15, 0.2) is 0 Å². The van der Waals surface area contributed by atoms with Crippen molar-refractivity contribution >= 4 is 11.9 Å². The van der Waals surface area contributed by atoms with E-state index in [-0.39, 0.29) is 11.8 Å². The highest BCUT2D eigenvalue weighted by Crippen LogP contribution is 2.20. The summed E-state index contributed by atoms with van der Waals surface area (Å²) in [7, 11) is 0. The van der Waals surface area contributed by atoms with Crippen LogP contribution in [-0.2, 0) is 11.2 Å². The number of hydrogen-bond acceptors (Lipinski definition) is 4. The largest absolute Gasteiger partial charge is 0.355 e. The monoisotopic (exact) mass is 296 g/mol. The average molecular weight is 296 g/mol. The Hall–Kier alpha value is -2.43. The quantitative estimate of drug-likeness (QED) is 0.911. The van der Waals surface area contributed by atoms with Gasteiger partial charge in [-0.1, -0.05) is 30.3 Å². The van der Waals surface area contributed by atoms with Crippen LogP contribution in [0, 0.1) is 5.92 Å². The molecule has 1 aliphatic rings. The summed E-state index contributed by atoms with van der Waals surface area (Å²) in [5, 5.41) is 3.04. The number of rotatable bonds is 5. The second kappa shape index (κ2) is 7.02. The number of benzene rings is 1. The van der Waals surface area contributed by atoms with Crippen molar-refractivity contribution in [1.29, 1.82) is 0 Å². The van der Waals surface area contributed by atoms with Gasteiger partial charge in [0.2, 0.25) is 11.9 Å². The summed E-state index contributed by atoms with van der Waals surface area (Å²) >= 11 is 0. The van der Waals surface area contributed by atoms with Crippen molar-refractivity contribution in [2.24, 2.45) is 5.92 Å². The first-order chi connectivity index (χ1) is 10.8. The molecule has 22 heavy (non-hydrogen) atoms. The molecular weight excluding hydrogens is 276 g/mol. The van der Waals surface area contributed by atoms with Gasteiger partial charge in [-0.05, 0) is 24.5 Å². The molecule has 5 heteroatoms. The van der Waals surface area contributed by atoms with Crippen LogP contribution < -0.4 is 10.2 Å². The van der Waals surface area contributed by atoms with Crippen LogP contribution in [0.4, 0.5) is 5.95 Å². The topological polar surface area (TPSA) is 58.1 Å². The highest BCUT2D eigenvalue weighted by Gasteiger charge is 2.29. The molecule has 114 valence electrons. The van der Waals surface area contributed by atoms with E-state index in [1.165, 1.54) is 5.56 Å². The highest BCUT2D eigenvalue weighted by molar-refractivity contribution is 5.79. The maximum atomic E-state index is 12.2. The van der Waals surface area contributed by atoms with Gasteiger partial charge in [-0.3, -0.25) is 4.79 Å². The lowest BCUT2D eigenvalue weighted by Gasteiger charge is -2.15. The van der Waals surface area contributed by atoms with Crippen LogP contribution in [0.5, 0.6) is 0 Å². The maximum Gasteiger partial charge on any atom is 0.225 e. The van der Waals surface area contributed by atoms with E-state index < -0.39 is 0 Å². The van der Waals surface area contributed by atoms with Crippen molar-refractivity contribution in [3.05, 3.63) is 54.4 Å². The smallest absolute Gasteiger partial charge is 0.225 e. The van der Waals surface area contributed by atoms with E-state index in [1.807, 2.05) is 18.2 Å². The fourth-order valence-corrected chi connectivity index (χ4v) is 2.73. The van der Waals surface area contributed by atoms with Crippen LogP contribution >= 0.6 is 0 Å².